The largest absolute Gasteiger partial charge is 1.00 e. The van der Waals surface area contributed by atoms with E-state index in [2.05, 4.69) is 6.92 Å². The van der Waals surface area contributed by atoms with Crippen LogP contribution < -0.4 is 56.5 Å². The number of aliphatic carboxylic acids is 1. The second-order valence-electron chi connectivity index (χ2n) is 3.41. The SMILES string of the molecule is CCCCCCC(O)CCC(=O)[O-].[K+]. The zero-order chi connectivity index (χ0) is 10.1. The third kappa shape index (κ3) is 13.1. The van der Waals surface area contributed by atoms with Crippen molar-refractivity contribution >= 4 is 5.97 Å². The molecular weight excluding hydrogens is 207 g/mol. The van der Waals surface area contributed by atoms with Crippen LogP contribution in [0.15, 0.2) is 0 Å². The van der Waals surface area contributed by atoms with E-state index >= 15 is 0 Å². The Morgan fingerprint density at radius 3 is 2.43 bits per heavy atom. The molecule has 0 saturated heterocycles. The van der Waals surface area contributed by atoms with E-state index in [0.29, 0.717) is 12.8 Å². The molecule has 0 radical (unpaired) electrons. The van der Waals surface area contributed by atoms with E-state index in [0.717, 1.165) is 12.8 Å². The molecule has 0 amide bonds. The molecule has 0 aromatic heterocycles. The van der Waals surface area contributed by atoms with E-state index in [4.69, 9.17) is 0 Å². The van der Waals surface area contributed by atoms with Crippen molar-refractivity contribution in [1.29, 1.82) is 0 Å². The van der Waals surface area contributed by atoms with Crippen LogP contribution in [0.5, 0.6) is 0 Å². The van der Waals surface area contributed by atoms with Gasteiger partial charge < -0.3 is 15.0 Å². The van der Waals surface area contributed by atoms with Gasteiger partial charge in [0.25, 0.3) is 0 Å². The molecule has 0 aromatic carbocycles. The van der Waals surface area contributed by atoms with Crippen molar-refractivity contribution < 1.29 is 66.4 Å². The Kier molecular flexibility index (Phi) is 15.1. The number of carboxylic acids is 1. The van der Waals surface area contributed by atoms with Crippen molar-refractivity contribution in [2.24, 2.45) is 0 Å². The minimum atomic E-state index is -1.08. The fourth-order valence-electron chi connectivity index (χ4n) is 1.24. The summed E-state index contributed by atoms with van der Waals surface area (Å²) in [4.78, 5) is 10.1. The molecule has 0 bridgehead atoms. The van der Waals surface area contributed by atoms with Crippen LogP contribution in [0.3, 0.4) is 0 Å². The molecule has 1 N–H and O–H groups in total. The summed E-state index contributed by atoms with van der Waals surface area (Å²) in [5, 5.41) is 19.4. The van der Waals surface area contributed by atoms with Gasteiger partial charge in [-0.25, -0.2) is 0 Å². The summed E-state index contributed by atoms with van der Waals surface area (Å²) in [6.07, 6.45) is 5.02. The van der Waals surface area contributed by atoms with Crippen LogP contribution in [-0.4, -0.2) is 17.2 Å². The maximum absolute atomic E-state index is 10.1. The van der Waals surface area contributed by atoms with Crippen molar-refractivity contribution in [2.45, 2.75) is 58.0 Å². The Morgan fingerprint density at radius 2 is 1.93 bits per heavy atom. The fourth-order valence-corrected chi connectivity index (χ4v) is 1.24. The van der Waals surface area contributed by atoms with Crippen LogP contribution in [0.25, 0.3) is 0 Å². The first-order chi connectivity index (χ1) is 6.16. The fraction of sp³-hybridized carbons (Fsp3) is 0.900. The van der Waals surface area contributed by atoms with Gasteiger partial charge in [0.1, 0.15) is 0 Å². The van der Waals surface area contributed by atoms with Crippen LogP contribution in [-0.2, 0) is 4.79 Å². The molecule has 0 spiro atoms. The normalized spacial score (nSPS) is 11.9. The standard InChI is InChI=1S/C10H20O3.K/c1-2-3-4-5-6-9(11)7-8-10(12)13;/h9,11H,2-8H2,1H3,(H,12,13);/q;+1/p-1. The zero-order valence-corrected chi connectivity index (χ0v) is 12.4. The number of carboxylic acid groups (broad SMARTS) is 1. The van der Waals surface area contributed by atoms with Crippen molar-refractivity contribution in [3.05, 3.63) is 0 Å². The number of aliphatic hydroxyl groups is 1. The summed E-state index contributed by atoms with van der Waals surface area (Å²) >= 11 is 0. The Morgan fingerprint density at radius 1 is 1.29 bits per heavy atom. The van der Waals surface area contributed by atoms with Gasteiger partial charge in [-0.3, -0.25) is 0 Å². The molecule has 1 unspecified atom stereocenters. The number of hydrogen-bond donors (Lipinski definition) is 1. The summed E-state index contributed by atoms with van der Waals surface area (Å²) in [5.41, 5.74) is 0. The Balaban J connectivity index is 0. The first-order valence-corrected chi connectivity index (χ1v) is 5.04. The van der Waals surface area contributed by atoms with Gasteiger partial charge in [0.05, 0.1) is 6.10 Å². The molecule has 4 heteroatoms. The molecule has 0 aliphatic rings. The Hall–Kier alpha value is 1.07. The maximum atomic E-state index is 10.1. The van der Waals surface area contributed by atoms with Gasteiger partial charge in [-0.05, 0) is 19.3 Å². The van der Waals surface area contributed by atoms with Crippen molar-refractivity contribution in [3.8, 4) is 0 Å². The Labute approximate surface area is 129 Å². The average molecular weight is 226 g/mol. The van der Waals surface area contributed by atoms with E-state index in [1.807, 2.05) is 0 Å². The minimum absolute atomic E-state index is 0. The van der Waals surface area contributed by atoms with E-state index in [-0.39, 0.29) is 57.8 Å². The first kappa shape index (κ1) is 17.5. The molecule has 0 rings (SSSR count). The number of aliphatic hydroxyl groups excluding tert-OH is 1. The first-order valence-electron chi connectivity index (χ1n) is 5.04. The van der Waals surface area contributed by atoms with E-state index in [1.165, 1.54) is 12.8 Å². The minimum Gasteiger partial charge on any atom is -0.550 e. The quantitative estimate of drug-likeness (QED) is 0.379. The number of carbonyl (C=O) groups excluding carboxylic acids is 1. The average Bonchev–Trinajstić information content (AvgIpc) is 2.09. The van der Waals surface area contributed by atoms with Crippen molar-refractivity contribution in [2.75, 3.05) is 0 Å². The number of rotatable bonds is 8. The Bertz CT molecular complexity index is 139. The summed E-state index contributed by atoms with van der Waals surface area (Å²) in [7, 11) is 0. The molecule has 0 aliphatic heterocycles. The molecule has 0 fully saturated rings. The molecule has 0 aliphatic carbocycles. The van der Waals surface area contributed by atoms with Gasteiger partial charge in [0.15, 0.2) is 0 Å². The molecular formula is C10H19KO3. The van der Waals surface area contributed by atoms with E-state index < -0.39 is 12.1 Å². The van der Waals surface area contributed by atoms with Crippen molar-refractivity contribution in [1.82, 2.24) is 0 Å². The van der Waals surface area contributed by atoms with Gasteiger partial charge >= 0.3 is 51.4 Å². The molecule has 14 heavy (non-hydrogen) atoms. The second kappa shape index (κ2) is 12.1. The van der Waals surface area contributed by atoms with Crippen LogP contribution in [0, 0.1) is 0 Å². The van der Waals surface area contributed by atoms with E-state index in [9.17, 15) is 15.0 Å². The molecule has 78 valence electrons. The van der Waals surface area contributed by atoms with Gasteiger partial charge in [0, 0.05) is 5.97 Å². The topological polar surface area (TPSA) is 60.4 Å². The third-order valence-corrected chi connectivity index (χ3v) is 2.07. The monoisotopic (exact) mass is 226 g/mol. The predicted molar refractivity (Wildman–Crippen MR) is 49.0 cm³/mol. The van der Waals surface area contributed by atoms with E-state index in [1.54, 1.807) is 0 Å². The number of hydrogen-bond acceptors (Lipinski definition) is 3. The molecule has 0 saturated carbocycles. The van der Waals surface area contributed by atoms with Gasteiger partial charge in [-0.1, -0.05) is 32.6 Å². The maximum Gasteiger partial charge on any atom is 1.00 e. The van der Waals surface area contributed by atoms with Crippen LogP contribution in [0.2, 0.25) is 0 Å². The van der Waals surface area contributed by atoms with Crippen LogP contribution in [0.4, 0.5) is 0 Å². The summed E-state index contributed by atoms with van der Waals surface area (Å²) in [6.45, 7) is 2.13. The summed E-state index contributed by atoms with van der Waals surface area (Å²) in [6, 6.07) is 0. The van der Waals surface area contributed by atoms with Crippen LogP contribution in [0.1, 0.15) is 51.9 Å². The summed E-state index contributed by atoms with van der Waals surface area (Å²) in [5.74, 6) is -1.08. The third-order valence-electron chi connectivity index (χ3n) is 2.07. The molecule has 0 aromatic rings. The van der Waals surface area contributed by atoms with Gasteiger partial charge in [0.2, 0.25) is 0 Å². The smallest absolute Gasteiger partial charge is 0.550 e. The van der Waals surface area contributed by atoms with Crippen molar-refractivity contribution in [3.63, 3.8) is 0 Å². The summed E-state index contributed by atoms with van der Waals surface area (Å²) < 4.78 is 0. The second-order valence-corrected chi connectivity index (χ2v) is 3.41. The number of unbranched alkanes of at least 4 members (excludes halogenated alkanes) is 3. The zero-order valence-electron chi connectivity index (χ0n) is 9.29. The van der Waals surface area contributed by atoms with Crippen LogP contribution >= 0.6 is 0 Å². The number of carbonyl (C=O) groups is 1. The van der Waals surface area contributed by atoms with Gasteiger partial charge in [-0.2, -0.15) is 0 Å². The van der Waals surface area contributed by atoms with Gasteiger partial charge in [-0.15, -0.1) is 0 Å². The predicted octanol–water partition coefficient (Wildman–Crippen LogP) is -2.15. The molecule has 1 atom stereocenters. The molecule has 0 heterocycles. The molecule has 3 nitrogen and oxygen atoms in total.